The van der Waals surface area contributed by atoms with Crippen LogP contribution < -0.4 is 5.73 Å². The molecule has 0 aliphatic carbocycles. The van der Waals surface area contributed by atoms with E-state index in [-0.39, 0.29) is 5.84 Å². The first-order valence-corrected chi connectivity index (χ1v) is 3.66. The van der Waals surface area contributed by atoms with Crippen LogP contribution in [0, 0.1) is 5.41 Å². The highest BCUT2D eigenvalue weighted by Gasteiger charge is 2.02. The summed E-state index contributed by atoms with van der Waals surface area (Å²) in [5.74, 6) is -0.0494. The fraction of sp³-hybridized carbons (Fsp3) is 0. The standard InChI is InChI=1S/C7H6Cl2N2/c8-4-1-2-5(7(10)11)6(9)3-4/h1-3H,(H3,10,11). The molecule has 0 saturated heterocycles. The molecule has 1 rings (SSSR count). The van der Waals surface area contributed by atoms with Crippen molar-refractivity contribution in [1.82, 2.24) is 0 Å². The molecule has 1 aromatic carbocycles. The van der Waals surface area contributed by atoms with Crippen molar-refractivity contribution in [2.24, 2.45) is 5.73 Å². The van der Waals surface area contributed by atoms with Crippen LogP contribution in [0.5, 0.6) is 0 Å². The molecule has 0 aliphatic rings. The lowest BCUT2D eigenvalue weighted by molar-refractivity contribution is 1.42. The Labute approximate surface area is 74.4 Å². The number of rotatable bonds is 1. The van der Waals surface area contributed by atoms with Crippen molar-refractivity contribution >= 4 is 29.0 Å². The lowest BCUT2D eigenvalue weighted by Gasteiger charge is -2.00. The molecule has 0 saturated carbocycles. The molecule has 0 aromatic heterocycles. The maximum atomic E-state index is 7.10. The van der Waals surface area contributed by atoms with E-state index in [2.05, 4.69) is 0 Å². The van der Waals surface area contributed by atoms with Gasteiger partial charge in [-0.05, 0) is 18.2 Å². The van der Waals surface area contributed by atoms with Crippen LogP contribution in [-0.2, 0) is 0 Å². The van der Waals surface area contributed by atoms with Crippen molar-refractivity contribution in [1.29, 1.82) is 5.41 Å². The third-order valence-electron chi connectivity index (χ3n) is 1.22. The summed E-state index contributed by atoms with van der Waals surface area (Å²) in [6.07, 6.45) is 0. The molecule has 11 heavy (non-hydrogen) atoms. The summed E-state index contributed by atoms with van der Waals surface area (Å²) >= 11 is 11.3. The molecule has 0 atom stereocenters. The molecule has 0 aliphatic heterocycles. The molecule has 0 amide bonds. The van der Waals surface area contributed by atoms with Gasteiger partial charge < -0.3 is 5.73 Å². The molecule has 0 unspecified atom stereocenters. The van der Waals surface area contributed by atoms with Crippen LogP contribution in [-0.4, -0.2) is 5.84 Å². The largest absolute Gasteiger partial charge is 0.384 e. The average molecular weight is 189 g/mol. The second-order valence-electron chi connectivity index (χ2n) is 2.04. The van der Waals surface area contributed by atoms with Crippen LogP contribution in [0.2, 0.25) is 10.0 Å². The Morgan fingerprint density at radius 1 is 1.36 bits per heavy atom. The van der Waals surface area contributed by atoms with Crippen LogP contribution in [0.15, 0.2) is 18.2 Å². The number of halogens is 2. The van der Waals surface area contributed by atoms with Gasteiger partial charge in [-0.3, -0.25) is 5.41 Å². The number of hydrogen-bond acceptors (Lipinski definition) is 1. The van der Waals surface area contributed by atoms with Gasteiger partial charge in [-0.2, -0.15) is 0 Å². The molecule has 3 N–H and O–H groups in total. The van der Waals surface area contributed by atoms with Gasteiger partial charge in [-0.15, -0.1) is 0 Å². The van der Waals surface area contributed by atoms with E-state index in [9.17, 15) is 0 Å². The normalized spacial score (nSPS) is 9.64. The number of amidine groups is 1. The van der Waals surface area contributed by atoms with Gasteiger partial charge in [-0.1, -0.05) is 23.2 Å². The first-order chi connectivity index (χ1) is 5.11. The van der Waals surface area contributed by atoms with Gasteiger partial charge in [0.15, 0.2) is 0 Å². The smallest absolute Gasteiger partial charge is 0.124 e. The minimum absolute atomic E-state index is 0.0494. The van der Waals surface area contributed by atoms with E-state index in [1.807, 2.05) is 0 Å². The second kappa shape index (κ2) is 3.11. The van der Waals surface area contributed by atoms with Crippen molar-refractivity contribution in [3.63, 3.8) is 0 Å². The first-order valence-electron chi connectivity index (χ1n) is 2.90. The van der Waals surface area contributed by atoms with Gasteiger partial charge in [0.2, 0.25) is 0 Å². The monoisotopic (exact) mass is 188 g/mol. The SMILES string of the molecule is N=C(N)c1ccc(Cl)cc1Cl. The molecular weight excluding hydrogens is 183 g/mol. The fourth-order valence-electron chi connectivity index (χ4n) is 0.708. The summed E-state index contributed by atoms with van der Waals surface area (Å²) in [6, 6.07) is 4.82. The minimum atomic E-state index is -0.0494. The predicted octanol–water partition coefficient (Wildman–Crippen LogP) is 2.28. The van der Waals surface area contributed by atoms with Crippen molar-refractivity contribution in [2.75, 3.05) is 0 Å². The van der Waals surface area contributed by atoms with E-state index < -0.39 is 0 Å². The summed E-state index contributed by atoms with van der Waals surface area (Å²) in [6.45, 7) is 0. The molecule has 4 heteroatoms. The summed E-state index contributed by atoms with van der Waals surface area (Å²) in [7, 11) is 0. The van der Waals surface area contributed by atoms with Crippen molar-refractivity contribution in [3.8, 4) is 0 Å². The third-order valence-corrected chi connectivity index (χ3v) is 1.77. The third kappa shape index (κ3) is 1.85. The zero-order valence-corrected chi connectivity index (χ0v) is 7.08. The molecule has 0 fully saturated rings. The van der Waals surface area contributed by atoms with Crippen molar-refractivity contribution in [2.45, 2.75) is 0 Å². The van der Waals surface area contributed by atoms with Crippen LogP contribution in [0.1, 0.15) is 5.56 Å². The van der Waals surface area contributed by atoms with Gasteiger partial charge in [0, 0.05) is 10.6 Å². The fourth-order valence-corrected chi connectivity index (χ4v) is 1.22. The predicted molar refractivity (Wildman–Crippen MR) is 47.5 cm³/mol. The first kappa shape index (κ1) is 8.37. The van der Waals surface area contributed by atoms with E-state index in [0.29, 0.717) is 15.6 Å². The quantitative estimate of drug-likeness (QED) is 0.516. The highest BCUT2D eigenvalue weighted by molar-refractivity contribution is 6.36. The summed E-state index contributed by atoms with van der Waals surface area (Å²) < 4.78 is 0. The van der Waals surface area contributed by atoms with E-state index in [4.69, 9.17) is 34.3 Å². The van der Waals surface area contributed by atoms with Crippen LogP contribution >= 0.6 is 23.2 Å². The molecule has 0 radical (unpaired) electrons. The Kier molecular flexibility index (Phi) is 2.37. The number of nitrogens with two attached hydrogens (primary N) is 1. The van der Waals surface area contributed by atoms with Gasteiger partial charge in [0.05, 0.1) is 5.02 Å². The Morgan fingerprint density at radius 2 is 2.00 bits per heavy atom. The van der Waals surface area contributed by atoms with Crippen molar-refractivity contribution in [3.05, 3.63) is 33.8 Å². The zero-order valence-electron chi connectivity index (χ0n) is 5.57. The lowest BCUT2D eigenvalue weighted by Crippen LogP contribution is -2.11. The Bertz CT molecular complexity index is 296. The molecule has 58 valence electrons. The molecule has 2 nitrogen and oxygen atoms in total. The van der Waals surface area contributed by atoms with Crippen LogP contribution in [0.3, 0.4) is 0 Å². The molecule has 1 aromatic rings. The van der Waals surface area contributed by atoms with Crippen molar-refractivity contribution < 1.29 is 0 Å². The molecule has 0 bridgehead atoms. The highest BCUT2D eigenvalue weighted by Crippen LogP contribution is 2.19. The van der Waals surface area contributed by atoms with Gasteiger partial charge in [0.1, 0.15) is 5.84 Å². The highest BCUT2D eigenvalue weighted by atomic mass is 35.5. The average Bonchev–Trinajstić information content (AvgIpc) is 1.85. The van der Waals surface area contributed by atoms with Crippen LogP contribution in [0.4, 0.5) is 0 Å². The van der Waals surface area contributed by atoms with Crippen LogP contribution in [0.25, 0.3) is 0 Å². The zero-order chi connectivity index (χ0) is 8.43. The maximum absolute atomic E-state index is 7.10. The van der Waals surface area contributed by atoms with Gasteiger partial charge >= 0.3 is 0 Å². The number of benzene rings is 1. The number of nitrogens with one attached hydrogen (secondary N) is 1. The lowest BCUT2D eigenvalue weighted by atomic mass is 10.2. The minimum Gasteiger partial charge on any atom is -0.384 e. The van der Waals surface area contributed by atoms with E-state index in [1.54, 1.807) is 18.2 Å². The van der Waals surface area contributed by atoms with E-state index in [0.717, 1.165) is 0 Å². The Balaban J connectivity index is 3.20. The van der Waals surface area contributed by atoms with Gasteiger partial charge in [-0.25, -0.2) is 0 Å². The topological polar surface area (TPSA) is 49.9 Å². The summed E-state index contributed by atoms with van der Waals surface area (Å²) in [5.41, 5.74) is 5.73. The number of hydrogen-bond donors (Lipinski definition) is 2. The number of nitrogen functional groups attached to an aromatic ring is 1. The second-order valence-corrected chi connectivity index (χ2v) is 2.88. The van der Waals surface area contributed by atoms with E-state index in [1.165, 1.54) is 0 Å². The molecule has 0 heterocycles. The summed E-state index contributed by atoms with van der Waals surface area (Å²) in [4.78, 5) is 0. The van der Waals surface area contributed by atoms with Gasteiger partial charge in [0.25, 0.3) is 0 Å². The maximum Gasteiger partial charge on any atom is 0.124 e. The summed E-state index contributed by atoms with van der Waals surface area (Å²) in [5, 5.41) is 8.05. The molecule has 0 spiro atoms. The molecular formula is C7H6Cl2N2. The van der Waals surface area contributed by atoms with E-state index >= 15 is 0 Å². The Morgan fingerprint density at radius 3 is 2.45 bits per heavy atom. The Hall–Kier alpha value is -0.730.